The number of hydrogen-bond donors (Lipinski definition) is 0. The topological polar surface area (TPSA) is 90.6 Å². The molecule has 1 saturated carbocycles. The molecule has 3 heterocycles. The van der Waals surface area contributed by atoms with Gasteiger partial charge in [-0.05, 0) is 37.4 Å². The van der Waals surface area contributed by atoms with Gasteiger partial charge in [-0.1, -0.05) is 11.2 Å². The van der Waals surface area contributed by atoms with E-state index in [0.29, 0.717) is 24.5 Å². The van der Waals surface area contributed by atoms with Crippen molar-refractivity contribution in [2.45, 2.75) is 50.4 Å². The maximum atomic E-state index is 13.0. The minimum absolute atomic E-state index is 0.0110. The summed E-state index contributed by atoms with van der Waals surface area (Å²) in [5.41, 5.74) is 0.441. The van der Waals surface area contributed by atoms with E-state index in [1.807, 2.05) is 23.1 Å². The van der Waals surface area contributed by atoms with E-state index in [4.69, 9.17) is 14.1 Å². The molecule has 8 heteroatoms. The van der Waals surface area contributed by atoms with Crippen molar-refractivity contribution in [2.24, 2.45) is 0 Å². The van der Waals surface area contributed by atoms with Gasteiger partial charge in [0.1, 0.15) is 11.8 Å². The number of hydrogen-bond acceptors (Lipinski definition) is 7. The summed E-state index contributed by atoms with van der Waals surface area (Å²) in [7, 11) is 1.73. The van der Waals surface area contributed by atoms with Gasteiger partial charge in [0.2, 0.25) is 5.88 Å². The zero-order chi connectivity index (χ0) is 18.1. The highest BCUT2D eigenvalue weighted by molar-refractivity contribution is 5.93. The second kappa shape index (κ2) is 6.68. The van der Waals surface area contributed by atoms with Crippen LogP contribution in [0.15, 0.2) is 29.0 Å². The molecular formula is C18H22N4O4. The molecule has 3 atom stereocenters. The van der Waals surface area contributed by atoms with Crippen molar-refractivity contribution in [3.05, 3.63) is 35.8 Å². The van der Waals surface area contributed by atoms with Crippen LogP contribution in [0.25, 0.3) is 0 Å². The fraction of sp³-hybridized carbons (Fsp3) is 0.556. The molecule has 2 aliphatic rings. The molecule has 1 aliphatic carbocycles. The molecule has 0 radical (unpaired) electrons. The van der Waals surface area contributed by atoms with Crippen LogP contribution in [0.3, 0.4) is 0 Å². The van der Waals surface area contributed by atoms with Gasteiger partial charge in [-0.3, -0.25) is 4.79 Å². The lowest BCUT2D eigenvalue weighted by molar-refractivity contribution is -0.0789. The number of aromatic nitrogens is 3. The molecule has 0 unspecified atom stereocenters. The van der Waals surface area contributed by atoms with Crippen LogP contribution in [-0.4, -0.2) is 57.5 Å². The average Bonchev–Trinajstić information content (AvgIpc) is 3.26. The molecular weight excluding hydrogens is 336 g/mol. The predicted octanol–water partition coefficient (Wildman–Crippen LogP) is 2.00. The van der Waals surface area contributed by atoms with Crippen molar-refractivity contribution in [1.82, 2.24) is 20.2 Å². The lowest BCUT2D eigenvalue weighted by atomic mass is 9.79. The minimum Gasteiger partial charge on any atom is -0.474 e. The number of carbonyl (C=O) groups excluding carboxylic acids is 1. The third-order valence-corrected chi connectivity index (χ3v) is 5.58. The fourth-order valence-corrected chi connectivity index (χ4v) is 4.16. The number of ether oxygens (including phenoxy) is 2. The normalized spacial score (nSPS) is 28.0. The molecule has 0 aromatic carbocycles. The molecule has 2 fully saturated rings. The number of rotatable bonds is 4. The molecule has 8 nitrogen and oxygen atoms in total. The van der Waals surface area contributed by atoms with E-state index in [9.17, 15) is 4.79 Å². The first-order chi connectivity index (χ1) is 12.6. The maximum Gasteiger partial charge on any atom is 0.278 e. The number of fused-ring (bicyclic) bond motifs is 1. The van der Waals surface area contributed by atoms with Crippen molar-refractivity contribution in [2.75, 3.05) is 13.7 Å². The average molecular weight is 358 g/mol. The van der Waals surface area contributed by atoms with Crippen molar-refractivity contribution < 1.29 is 18.9 Å². The van der Waals surface area contributed by atoms with Crippen LogP contribution < -0.4 is 4.74 Å². The number of aryl methyl sites for hydroxylation is 1. The third-order valence-electron chi connectivity index (χ3n) is 5.58. The van der Waals surface area contributed by atoms with Crippen molar-refractivity contribution >= 4 is 5.91 Å². The highest BCUT2D eigenvalue weighted by Crippen LogP contribution is 2.43. The van der Waals surface area contributed by atoms with Crippen molar-refractivity contribution in [3.8, 4) is 5.88 Å². The monoisotopic (exact) mass is 358 g/mol. The Morgan fingerprint density at radius 3 is 2.92 bits per heavy atom. The first-order valence-corrected chi connectivity index (χ1v) is 8.86. The van der Waals surface area contributed by atoms with E-state index in [1.54, 1.807) is 20.2 Å². The van der Waals surface area contributed by atoms with E-state index < -0.39 is 0 Å². The standard InChI is InChI=1S/C18H22N4O4/c1-12-16(21-26-20-12)17(23)22-10-8-18(24-2)7-6-13(11-14(18)22)25-15-5-3-4-9-19-15/h3-5,9,13-14H,6-8,10-11H2,1-2H3/t13-,14-,18+/m0/s1. The Bertz CT molecular complexity index is 781. The molecule has 1 saturated heterocycles. The Morgan fingerprint density at radius 1 is 1.35 bits per heavy atom. The summed E-state index contributed by atoms with van der Waals surface area (Å²) in [5, 5.41) is 7.50. The zero-order valence-corrected chi connectivity index (χ0v) is 14.9. The SMILES string of the molecule is CO[C@@]12CC[C@H](Oc3ccccn3)C[C@@H]1N(C(=O)c1nonc1C)CC2. The minimum atomic E-state index is -0.329. The van der Waals surface area contributed by atoms with E-state index in [1.165, 1.54) is 0 Å². The Hall–Kier alpha value is -2.48. The number of methoxy groups -OCH3 is 1. The summed E-state index contributed by atoms with van der Waals surface area (Å²) in [5.74, 6) is 0.445. The fourth-order valence-electron chi connectivity index (χ4n) is 4.16. The van der Waals surface area contributed by atoms with Crippen LogP contribution in [0.5, 0.6) is 5.88 Å². The smallest absolute Gasteiger partial charge is 0.278 e. The summed E-state index contributed by atoms with van der Waals surface area (Å²) in [6, 6.07) is 5.53. The lowest BCUT2D eigenvalue weighted by Crippen LogP contribution is -2.53. The first kappa shape index (κ1) is 17.0. The largest absolute Gasteiger partial charge is 0.474 e. The number of amides is 1. The van der Waals surface area contributed by atoms with Gasteiger partial charge in [0, 0.05) is 32.3 Å². The molecule has 2 aromatic heterocycles. The molecule has 0 bridgehead atoms. The molecule has 1 aliphatic heterocycles. The highest BCUT2D eigenvalue weighted by Gasteiger charge is 2.53. The Labute approximate surface area is 151 Å². The molecule has 0 spiro atoms. The first-order valence-electron chi connectivity index (χ1n) is 8.86. The maximum absolute atomic E-state index is 13.0. The predicted molar refractivity (Wildman–Crippen MR) is 90.7 cm³/mol. The summed E-state index contributed by atoms with van der Waals surface area (Å²) in [4.78, 5) is 19.0. The number of carbonyl (C=O) groups is 1. The van der Waals surface area contributed by atoms with E-state index in [2.05, 4.69) is 15.3 Å². The van der Waals surface area contributed by atoms with Gasteiger partial charge in [-0.15, -0.1) is 0 Å². The van der Waals surface area contributed by atoms with Crippen LogP contribution >= 0.6 is 0 Å². The van der Waals surface area contributed by atoms with Crippen molar-refractivity contribution in [3.63, 3.8) is 0 Å². The quantitative estimate of drug-likeness (QED) is 0.825. The zero-order valence-electron chi connectivity index (χ0n) is 14.9. The van der Waals surface area contributed by atoms with Gasteiger partial charge in [0.25, 0.3) is 5.91 Å². The molecule has 0 N–H and O–H groups in total. The highest BCUT2D eigenvalue weighted by atomic mass is 16.6. The van der Waals surface area contributed by atoms with Gasteiger partial charge < -0.3 is 14.4 Å². The van der Waals surface area contributed by atoms with Crippen LogP contribution in [0.1, 0.15) is 41.9 Å². The lowest BCUT2D eigenvalue weighted by Gasteiger charge is -2.43. The molecule has 4 rings (SSSR count). The molecule has 26 heavy (non-hydrogen) atoms. The van der Waals surface area contributed by atoms with Crippen LogP contribution in [0.4, 0.5) is 0 Å². The second-order valence-electron chi connectivity index (χ2n) is 6.91. The van der Waals surface area contributed by atoms with Crippen molar-refractivity contribution in [1.29, 1.82) is 0 Å². The molecule has 2 aromatic rings. The van der Waals surface area contributed by atoms with Crippen LogP contribution in [-0.2, 0) is 4.74 Å². The Balaban J connectivity index is 1.55. The van der Waals surface area contributed by atoms with Gasteiger partial charge in [-0.25, -0.2) is 9.61 Å². The van der Waals surface area contributed by atoms with Gasteiger partial charge in [0.15, 0.2) is 5.69 Å². The third kappa shape index (κ3) is 2.84. The van der Waals surface area contributed by atoms with E-state index in [-0.39, 0.29) is 29.3 Å². The van der Waals surface area contributed by atoms with Gasteiger partial charge in [-0.2, -0.15) is 0 Å². The summed E-state index contributed by atoms with van der Waals surface area (Å²) < 4.78 is 16.7. The van der Waals surface area contributed by atoms with E-state index >= 15 is 0 Å². The van der Waals surface area contributed by atoms with E-state index in [0.717, 1.165) is 19.3 Å². The summed E-state index contributed by atoms with van der Waals surface area (Å²) in [6.07, 6.45) is 4.91. The molecule has 138 valence electrons. The number of likely N-dealkylation sites (tertiary alicyclic amines) is 1. The molecule has 1 amide bonds. The van der Waals surface area contributed by atoms with Crippen LogP contribution in [0.2, 0.25) is 0 Å². The Morgan fingerprint density at radius 2 is 2.23 bits per heavy atom. The summed E-state index contributed by atoms with van der Waals surface area (Å²) in [6.45, 7) is 2.34. The van der Waals surface area contributed by atoms with Gasteiger partial charge >= 0.3 is 0 Å². The summed E-state index contributed by atoms with van der Waals surface area (Å²) >= 11 is 0. The number of pyridine rings is 1. The van der Waals surface area contributed by atoms with Gasteiger partial charge in [0.05, 0.1) is 11.6 Å². The Kier molecular flexibility index (Phi) is 4.36. The second-order valence-corrected chi connectivity index (χ2v) is 6.91. The van der Waals surface area contributed by atoms with Crippen LogP contribution in [0, 0.1) is 6.92 Å². The number of nitrogens with zero attached hydrogens (tertiary/aromatic N) is 4.